The van der Waals surface area contributed by atoms with Gasteiger partial charge >= 0.3 is 0 Å². The van der Waals surface area contributed by atoms with Crippen molar-refractivity contribution in [1.29, 1.82) is 0 Å². The zero-order chi connectivity index (χ0) is 9.84. The molecule has 13 heavy (non-hydrogen) atoms. The van der Waals surface area contributed by atoms with Crippen LogP contribution in [0.5, 0.6) is 0 Å². The zero-order valence-corrected chi connectivity index (χ0v) is 7.86. The lowest BCUT2D eigenvalue weighted by molar-refractivity contribution is 0.316. The summed E-state index contributed by atoms with van der Waals surface area (Å²) in [5.74, 6) is 0.209. The molecule has 0 saturated heterocycles. The van der Waals surface area contributed by atoms with Gasteiger partial charge in [-0.3, -0.25) is 0 Å². The van der Waals surface area contributed by atoms with Crippen molar-refractivity contribution in [2.75, 3.05) is 0 Å². The summed E-state index contributed by atoms with van der Waals surface area (Å²) in [6, 6.07) is 7.91. The molecule has 0 aromatic heterocycles. The van der Waals surface area contributed by atoms with Crippen LogP contribution < -0.4 is 5.73 Å². The van der Waals surface area contributed by atoms with Crippen molar-refractivity contribution in [1.82, 2.24) is 0 Å². The molecular weight excluding hydrogens is 164 g/mol. The second-order valence-electron chi connectivity index (χ2n) is 3.10. The lowest BCUT2D eigenvalue weighted by Crippen LogP contribution is -2.20. The highest BCUT2D eigenvalue weighted by molar-refractivity contribution is 5.86. The zero-order valence-electron chi connectivity index (χ0n) is 7.86. The Hall–Kier alpha value is -1.51. The first kappa shape index (κ1) is 9.58. The molecule has 70 valence electrons. The molecule has 1 aromatic rings. The molecule has 1 aromatic carbocycles. The van der Waals surface area contributed by atoms with E-state index < -0.39 is 0 Å². The molecule has 0 aliphatic rings. The number of benzene rings is 1. The molecule has 1 atom stereocenters. The quantitative estimate of drug-likeness (QED) is 0.314. The van der Waals surface area contributed by atoms with E-state index >= 15 is 0 Å². The molecule has 0 saturated carbocycles. The van der Waals surface area contributed by atoms with E-state index in [1.165, 1.54) is 0 Å². The minimum absolute atomic E-state index is 0.0359. The van der Waals surface area contributed by atoms with Gasteiger partial charge < -0.3 is 10.9 Å². The van der Waals surface area contributed by atoms with Crippen molar-refractivity contribution in [3.8, 4) is 0 Å². The number of rotatable bonds is 2. The monoisotopic (exact) mass is 178 g/mol. The fraction of sp³-hybridized carbons (Fsp3) is 0.300. The fourth-order valence-electron chi connectivity index (χ4n) is 1.32. The van der Waals surface area contributed by atoms with Crippen LogP contribution >= 0.6 is 0 Å². The molecule has 0 bridgehead atoms. The van der Waals surface area contributed by atoms with Gasteiger partial charge in [0.2, 0.25) is 0 Å². The summed E-state index contributed by atoms with van der Waals surface area (Å²) >= 11 is 0. The Bertz CT molecular complexity index is 320. The summed E-state index contributed by atoms with van der Waals surface area (Å²) in [5, 5.41) is 11.5. The van der Waals surface area contributed by atoms with Gasteiger partial charge in [0, 0.05) is 5.92 Å². The van der Waals surface area contributed by atoms with E-state index in [1.54, 1.807) is 0 Å². The molecule has 0 aliphatic carbocycles. The van der Waals surface area contributed by atoms with Crippen molar-refractivity contribution in [2.24, 2.45) is 10.9 Å². The molecule has 0 aliphatic heterocycles. The summed E-state index contributed by atoms with van der Waals surface area (Å²) < 4.78 is 0. The Morgan fingerprint density at radius 3 is 2.62 bits per heavy atom. The first-order valence-corrected chi connectivity index (χ1v) is 4.19. The van der Waals surface area contributed by atoms with Crippen LogP contribution in [0, 0.1) is 6.92 Å². The van der Waals surface area contributed by atoms with Crippen molar-refractivity contribution >= 4 is 5.84 Å². The summed E-state index contributed by atoms with van der Waals surface area (Å²) in [6.45, 7) is 3.92. The van der Waals surface area contributed by atoms with Crippen LogP contribution in [-0.2, 0) is 0 Å². The largest absolute Gasteiger partial charge is 0.409 e. The molecule has 3 heteroatoms. The molecule has 0 radical (unpaired) electrons. The second-order valence-corrected chi connectivity index (χ2v) is 3.10. The molecule has 0 spiro atoms. The number of amidine groups is 1. The van der Waals surface area contributed by atoms with E-state index in [4.69, 9.17) is 10.9 Å². The van der Waals surface area contributed by atoms with E-state index in [-0.39, 0.29) is 11.8 Å². The Labute approximate surface area is 77.9 Å². The normalized spacial score (nSPS) is 14.2. The van der Waals surface area contributed by atoms with Crippen LogP contribution in [0.15, 0.2) is 29.4 Å². The number of hydrogen-bond donors (Lipinski definition) is 2. The number of nitrogens with two attached hydrogens (primary N) is 1. The molecule has 0 amide bonds. The van der Waals surface area contributed by atoms with Gasteiger partial charge in [-0.25, -0.2) is 0 Å². The number of hydrogen-bond acceptors (Lipinski definition) is 2. The number of oxime groups is 1. The smallest absolute Gasteiger partial charge is 0.146 e. The number of nitrogens with zero attached hydrogens (tertiary/aromatic N) is 1. The topological polar surface area (TPSA) is 58.6 Å². The van der Waals surface area contributed by atoms with Crippen LogP contribution in [-0.4, -0.2) is 11.0 Å². The van der Waals surface area contributed by atoms with Gasteiger partial charge in [-0.1, -0.05) is 36.3 Å². The fourth-order valence-corrected chi connectivity index (χ4v) is 1.32. The summed E-state index contributed by atoms with van der Waals surface area (Å²) in [5.41, 5.74) is 7.77. The van der Waals surface area contributed by atoms with E-state index in [1.807, 2.05) is 38.1 Å². The van der Waals surface area contributed by atoms with Crippen molar-refractivity contribution in [3.63, 3.8) is 0 Å². The molecule has 1 unspecified atom stereocenters. The predicted octanol–water partition coefficient (Wildman–Crippen LogP) is 1.84. The lowest BCUT2D eigenvalue weighted by atomic mass is 9.96. The maximum Gasteiger partial charge on any atom is 0.146 e. The minimum Gasteiger partial charge on any atom is -0.409 e. The summed E-state index contributed by atoms with van der Waals surface area (Å²) in [4.78, 5) is 0. The molecule has 1 rings (SSSR count). The maximum atomic E-state index is 8.52. The highest BCUT2D eigenvalue weighted by Gasteiger charge is 2.11. The average molecular weight is 178 g/mol. The Balaban J connectivity index is 3.02. The predicted molar refractivity (Wildman–Crippen MR) is 53.0 cm³/mol. The van der Waals surface area contributed by atoms with E-state index in [0.29, 0.717) is 0 Å². The van der Waals surface area contributed by atoms with Crippen molar-refractivity contribution < 1.29 is 5.21 Å². The summed E-state index contributed by atoms with van der Waals surface area (Å²) in [6.07, 6.45) is 0. The molecular formula is C10H14N2O. The molecule has 3 nitrogen and oxygen atoms in total. The van der Waals surface area contributed by atoms with Crippen LogP contribution in [0.25, 0.3) is 0 Å². The third-order valence-electron chi connectivity index (χ3n) is 2.21. The molecule has 0 fully saturated rings. The second kappa shape index (κ2) is 3.94. The highest BCUT2D eigenvalue weighted by Crippen LogP contribution is 2.18. The first-order valence-electron chi connectivity index (χ1n) is 4.19. The highest BCUT2D eigenvalue weighted by atomic mass is 16.4. The van der Waals surface area contributed by atoms with Gasteiger partial charge in [-0.05, 0) is 18.1 Å². The SMILES string of the molecule is Cc1ccccc1C(C)C(N)=NO. The third-order valence-corrected chi connectivity index (χ3v) is 2.21. The molecule has 0 heterocycles. The lowest BCUT2D eigenvalue weighted by Gasteiger charge is -2.12. The van der Waals surface area contributed by atoms with Gasteiger partial charge in [-0.2, -0.15) is 0 Å². The van der Waals surface area contributed by atoms with Gasteiger partial charge in [0.1, 0.15) is 5.84 Å². The third kappa shape index (κ3) is 1.99. The Kier molecular flexibility index (Phi) is 2.90. The minimum atomic E-state index is -0.0359. The Morgan fingerprint density at radius 2 is 2.08 bits per heavy atom. The first-order chi connectivity index (χ1) is 6.16. The standard InChI is InChI=1S/C10H14N2O/c1-7-5-3-4-6-9(7)8(2)10(11)12-13/h3-6,8,13H,1-2H3,(H2,11,12). The van der Waals surface area contributed by atoms with Gasteiger partial charge in [0.05, 0.1) is 0 Å². The van der Waals surface area contributed by atoms with E-state index in [9.17, 15) is 0 Å². The van der Waals surface area contributed by atoms with Gasteiger partial charge in [0.25, 0.3) is 0 Å². The van der Waals surface area contributed by atoms with Crippen LogP contribution in [0.3, 0.4) is 0 Å². The van der Waals surface area contributed by atoms with E-state index in [2.05, 4.69) is 5.16 Å². The van der Waals surface area contributed by atoms with Crippen molar-refractivity contribution in [3.05, 3.63) is 35.4 Å². The maximum absolute atomic E-state index is 8.52. The van der Waals surface area contributed by atoms with Gasteiger partial charge in [-0.15, -0.1) is 0 Å². The van der Waals surface area contributed by atoms with Crippen LogP contribution in [0.2, 0.25) is 0 Å². The van der Waals surface area contributed by atoms with Crippen LogP contribution in [0.1, 0.15) is 24.0 Å². The van der Waals surface area contributed by atoms with E-state index in [0.717, 1.165) is 11.1 Å². The van der Waals surface area contributed by atoms with Crippen molar-refractivity contribution in [2.45, 2.75) is 19.8 Å². The average Bonchev–Trinajstić information content (AvgIpc) is 2.16. The number of aryl methyl sites for hydroxylation is 1. The summed E-state index contributed by atoms with van der Waals surface area (Å²) in [7, 11) is 0. The van der Waals surface area contributed by atoms with Crippen LogP contribution in [0.4, 0.5) is 0 Å². The molecule has 3 N–H and O–H groups in total. The Morgan fingerprint density at radius 1 is 1.46 bits per heavy atom. The van der Waals surface area contributed by atoms with Gasteiger partial charge in [0.15, 0.2) is 0 Å².